The quantitative estimate of drug-likeness (QED) is 0.639. The van der Waals surface area contributed by atoms with Gasteiger partial charge in [0.15, 0.2) is 0 Å². The molecule has 0 aliphatic heterocycles. The Labute approximate surface area is 111 Å². The van der Waals surface area contributed by atoms with Gasteiger partial charge < -0.3 is 10.3 Å². The van der Waals surface area contributed by atoms with Gasteiger partial charge in [-0.3, -0.25) is 10.1 Å². The fourth-order valence-corrected chi connectivity index (χ4v) is 1.95. The highest BCUT2D eigenvalue weighted by atomic mass is 16.6. The minimum atomic E-state index is -0.395. The first kappa shape index (κ1) is 13.2. The van der Waals surface area contributed by atoms with Crippen molar-refractivity contribution in [3.63, 3.8) is 0 Å². The van der Waals surface area contributed by atoms with E-state index in [1.54, 1.807) is 24.5 Å². The van der Waals surface area contributed by atoms with Crippen LogP contribution in [0.3, 0.4) is 0 Å². The van der Waals surface area contributed by atoms with Gasteiger partial charge in [-0.15, -0.1) is 0 Å². The fraction of sp³-hybridized carbons (Fsp3) is 0.308. The number of nitrogens with zero attached hydrogens (tertiary/aromatic N) is 2. The first-order chi connectivity index (χ1) is 9.08. The maximum Gasteiger partial charge on any atom is 0.269 e. The molecule has 2 aromatic rings. The molecule has 1 aromatic heterocycles. The van der Waals surface area contributed by atoms with Gasteiger partial charge >= 0.3 is 0 Å². The molecule has 0 radical (unpaired) electrons. The summed E-state index contributed by atoms with van der Waals surface area (Å²) in [7, 11) is 0. The van der Waals surface area contributed by atoms with Crippen LogP contribution >= 0.6 is 0 Å². The van der Waals surface area contributed by atoms with E-state index in [1.807, 2.05) is 13.8 Å². The zero-order valence-corrected chi connectivity index (χ0v) is 10.8. The van der Waals surface area contributed by atoms with Crippen LogP contribution in [0.5, 0.6) is 0 Å². The van der Waals surface area contributed by atoms with Crippen molar-refractivity contribution in [2.24, 2.45) is 0 Å². The molecular weight excluding hydrogens is 244 g/mol. The van der Waals surface area contributed by atoms with Crippen LogP contribution in [0.25, 0.3) is 0 Å². The van der Waals surface area contributed by atoms with E-state index in [0.29, 0.717) is 0 Å². The lowest BCUT2D eigenvalue weighted by atomic mass is 10.1. The molecule has 0 aliphatic rings. The molecule has 0 saturated carbocycles. The SMILES string of the molecule is CC(NC(C)c1ncc[nH]1)c1ccc([N+](=O)[O-])cc1. The number of nitro groups is 1. The zero-order chi connectivity index (χ0) is 13.8. The third-order valence-electron chi connectivity index (χ3n) is 3.03. The molecule has 2 rings (SSSR count). The normalized spacial score (nSPS) is 14.0. The van der Waals surface area contributed by atoms with Crippen LogP contribution in [0.4, 0.5) is 5.69 Å². The smallest absolute Gasteiger partial charge is 0.269 e. The van der Waals surface area contributed by atoms with Crippen molar-refractivity contribution < 1.29 is 4.92 Å². The Hall–Kier alpha value is -2.21. The minimum absolute atomic E-state index is 0.0835. The Bertz CT molecular complexity index is 536. The molecule has 0 amide bonds. The van der Waals surface area contributed by atoms with E-state index >= 15 is 0 Å². The molecule has 100 valence electrons. The lowest BCUT2D eigenvalue weighted by Gasteiger charge is -2.18. The monoisotopic (exact) mass is 260 g/mol. The van der Waals surface area contributed by atoms with E-state index in [1.165, 1.54) is 12.1 Å². The van der Waals surface area contributed by atoms with E-state index in [2.05, 4.69) is 15.3 Å². The minimum Gasteiger partial charge on any atom is -0.347 e. The Morgan fingerprint density at radius 3 is 2.47 bits per heavy atom. The van der Waals surface area contributed by atoms with Crippen LogP contribution in [0.2, 0.25) is 0 Å². The highest BCUT2D eigenvalue weighted by molar-refractivity contribution is 5.34. The molecule has 2 unspecified atom stereocenters. The van der Waals surface area contributed by atoms with Gasteiger partial charge in [0.2, 0.25) is 0 Å². The summed E-state index contributed by atoms with van der Waals surface area (Å²) in [6, 6.07) is 6.74. The summed E-state index contributed by atoms with van der Waals surface area (Å²) in [5.41, 5.74) is 1.11. The number of non-ortho nitro benzene ring substituents is 1. The van der Waals surface area contributed by atoms with Crippen molar-refractivity contribution in [2.75, 3.05) is 0 Å². The summed E-state index contributed by atoms with van der Waals surface area (Å²) >= 11 is 0. The lowest BCUT2D eigenvalue weighted by Crippen LogP contribution is -2.23. The second-order valence-corrected chi connectivity index (χ2v) is 4.43. The summed E-state index contributed by atoms with van der Waals surface area (Å²) in [4.78, 5) is 17.4. The molecule has 0 spiro atoms. The molecule has 0 aliphatic carbocycles. The summed E-state index contributed by atoms with van der Waals surface area (Å²) in [5, 5.41) is 14.0. The number of nitrogens with one attached hydrogen (secondary N) is 2. The van der Waals surface area contributed by atoms with Crippen LogP contribution in [0, 0.1) is 10.1 Å². The molecule has 1 heterocycles. The van der Waals surface area contributed by atoms with Gasteiger partial charge in [0.05, 0.1) is 11.0 Å². The van der Waals surface area contributed by atoms with Gasteiger partial charge in [-0.1, -0.05) is 12.1 Å². The van der Waals surface area contributed by atoms with Crippen LogP contribution in [-0.2, 0) is 0 Å². The van der Waals surface area contributed by atoms with E-state index in [0.717, 1.165) is 11.4 Å². The molecule has 2 N–H and O–H groups in total. The number of H-pyrrole nitrogens is 1. The third-order valence-corrected chi connectivity index (χ3v) is 3.03. The number of imidazole rings is 1. The molecule has 0 bridgehead atoms. The predicted molar refractivity (Wildman–Crippen MR) is 71.6 cm³/mol. The number of aromatic nitrogens is 2. The van der Waals surface area contributed by atoms with E-state index < -0.39 is 4.92 Å². The Kier molecular flexibility index (Phi) is 3.91. The van der Waals surface area contributed by atoms with Crippen molar-refractivity contribution in [3.8, 4) is 0 Å². The van der Waals surface area contributed by atoms with E-state index in [9.17, 15) is 10.1 Å². The lowest BCUT2D eigenvalue weighted by molar-refractivity contribution is -0.384. The van der Waals surface area contributed by atoms with Gasteiger partial charge in [-0.05, 0) is 19.4 Å². The number of aromatic amines is 1. The maximum absolute atomic E-state index is 10.6. The second kappa shape index (κ2) is 5.62. The van der Waals surface area contributed by atoms with E-state index in [-0.39, 0.29) is 17.8 Å². The van der Waals surface area contributed by atoms with Crippen LogP contribution in [0.1, 0.15) is 37.3 Å². The van der Waals surface area contributed by atoms with Gasteiger partial charge in [0, 0.05) is 30.6 Å². The molecule has 0 saturated heterocycles. The molecule has 1 aromatic carbocycles. The standard InChI is InChI=1S/C13H16N4O2/c1-9(16-10(2)13-14-7-8-15-13)11-3-5-12(6-4-11)17(18)19/h3-10,16H,1-2H3,(H,14,15). The largest absolute Gasteiger partial charge is 0.347 e. The predicted octanol–water partition coefficient (Wildman–Crippen LogP) is 2.73. The molecule has 6 nitrogen and oxygen atoms in total. The van der Waals surface area contributed by atoms with E-state index in [4.69, 9.17) is 0 Å². The number of nitro benzene ring substituents is 1. The Morgan fingerprint density at radius 1 is 1.26 bits per heavy atom. The zero-order valence-electron chi connectivity index (χ0n) is 10.8. The molecule has 0 fully saturated rings. The van der Waals surface area contributed by atoms with Crippen LogP contribution in [-0.4, -0.2) is 14.9 Å². The fourth-order valence-electron chi connectivity index (χ4n) is 1.95. The van der Waals surface area contributed by atoms with Crippen molar-refractivity contribution in [2.45, 2.75) is 25.9 Å². The third kappa shape index (κ3) is 3.17. The highest BCUT2D eigenvalue weighted by Gasteiger charge is 2.13. The van der Waals surface area contributed by atoms with Crippen molar-refractivity contribution in [1.29, 1.82) is 0 Å². The maximum atomic E-state index is 10.6. The molecule has 19 heavy (non-hydrogen) atoms. The molecule has 2 atom stereocenters. The topological polar surface area (TPSA) is 83.8 Å². The Morgan fingerprint density at radius 2 is 1.95 bits per heavy atom. The van der Waals surface area contributed by atoms with Crippen molar-refractivity contribution in [3.05, 3.63) is 58.2 Å². The summed E-state index contributed by atoms with van der Waals surface area (Å²) in [5.74, 6) is 0.869. The average Bonchev–Trinajstić information content (AvgIpc) is 2.92. The summed E-state index contributed by atoms with van der Waals surface area (Å²) in [6.07, 6.45) is 3.49. The summed E-state index contributed by atoms with van der Waals surface area (Å²) in [6.45, 7) is 4.03. The number of hydrogen-bond donors (Lipinski definition) is 2. The van der Waals surface area contributed by atoms with Crippen LogP contribution in [0.15, 0.2) is 36.7 Å². The Balaban J connectivity index is 2.03. The number of rotatable bonds is 5. The van der Waals surface area contributed by atoms with Gasteiger partial charge in [0.25, 0.3) is 5.69 Å². The second-order valence-electron chi connectivity index (χ2n) is 4.43. The summed E-state index contributed by atoms with van der Waals surface area (Å²) < 4.78 is 0. The van der Waals surface area contributed by atoms with Gasteiger partial charge in [-0.25, -0.2) is 4.98 Å². The number of benzene rings is 1. The van der Waals surface area contributed by atoms with Gasteiger partial charge in [0.1, 0.15) is 5.82 Å². The van der Waals surface area contributed by atoms with Gasteiger partial charge in [-0.2, -0.15) is 0 Å². The van der Waals surface area contributed by atoms with Crippen molar-refractivity contribution >= 4 is 5.69 Å². The molecular formula is C13H16N4O2. The molecule has 6 heteroatoms. The van der Waals surface area contributed by atoms with Crippen LogP contribution < -0.4 is 5.32 Å². The number of hydrogen-bond acceptors (Lipinski definition) is 4. The highest BCUT2D eigenvalue weighted by Crippen LogP contribution is 2.20. The first-order valence-electron chi connectivity index (χ1n) is 6.07. The average molecular weight is 260 g/mol. The first-order valence-corrected chi connectivity index (χ1v) is 6.07. The van der Waals surface area contributed by atoms with Crippen molar-refractivity contribution in [1.82, 2.24) is 15.3 Å².